The fourth-order valence-corrected chi connectivity index (χ4v) is 2.29. The number of hydrogen-bond acceptors (Lipinski definition) is 3. The van der Waals surface area contributed by atoms with Crippen molar-refractivity contribution < 1.29 is 14.3 Å². The van der Waals surface area contributed by atoms with Crippen LogP contribution < -0.4 is 5.32 Å². The quantitative estimate of drug-likeness (QED) is 0.800. The van der Waals surface area contributed by atoms with E-state index in [1.54, 1.807) is 0 Å². The van der Waals surface area contributed by atoms with E-state index in [0.29, 0.717) is 11.8 Å². The minimum absolute atomic E-state index is 0.119. The maximum atomic E-state index is 11.4. The first-order valence-electron chi connectivity index (χ1n) is 5.06. The van der Waals surface area contributed by atoms with Crippen molar-refractivity contribution >= 4 is 27.8 Å². The van der Waals surface area contributed by atoms with Crippen molar-refractivity contribution in [3.8, 4) is 0 Å². The van der Waals surface area contributed by atoms with E-state index in [2.05, 4.69) is 26.0 Å². The lowest BCUT2D eigenvalue weighted by molar-refractivity contribution is -0.117. The second kappa shape index (κ2) is 5.49. The van der Waals surface area contributed by atoms with Gasteiger partial charge in [0.1, 0.15) is 5.78 Å². The molecule has 1 aliphatic carbocycles. The highest BCUT2D eigenvalue weighted by molar-refractivity contribution is 9.09. The highest BCUT2D eigenvalue weighted by Gasteiger charge is 2.37. The summed E-state index contributed by atoms with van der Waals surface area (Å²) < 4.78 is 4.58. The van der Waals surface area contributed by atoms with Crippen LogP contribution in [0.2, 0.25) is 0 Å². The molecule has 86 valence electrons. The van der Waals surface area contributed by atoms with Gasteiger partial charge in [0.15, 0.2) is 0 Å². The fraction of sp³-hybridized carbons (Fsp3) is 0.800. The van der Waals surface area contributed by atoms with Gasteiger partial charge in [0.05, 0.1) is 18.0 Å². The van der Waals surface area contributed by atoms with Crippen LogP contribution in [0.5, 0.6) is 0 Å². The van der Waals surface area contributed by atoms with E-state index in [1.807, 2.05) is 0 Å². The van der Waals surface area contributed by atoms with Crippen LogP contribution in [-0.4, -0.2) is 29.9 Å². The molecule has 0 spiro atoms. The highest BCUT2D eigenvalue weighted by Crippen LogP contribution is 2.33. The summed E-state index contributed by atoms with van der Waals surface area (Å²) in [7, 11) is 1.34. The third-order valence-electron chi connectivity index (χ3n) is 2.80. The van der Waals surface area contributed by atoms with Gasteiger partial charge in [-0.2, -0.15) is 0 Å². The Balaban J connectivity index is 2.61. The van der Waals surface area contributed by atoms with Gasteiger partial charge in [-0.15, -0.1) is 0 Å². The maximum absolute atomic E-state index is 11.4. The largest absolute Gasteiger partial charge is 0.453 e. The van der Waals surface area contributed by atoms with Crippen LogP contribution in [0, 0.1) is 0 Å². The normalized spacial score (nSPS) is 18.5. The minimum Gasteiger partial charge on any atom is -0.453 e. The molecule has 0 heterocycles. The number of hydrogen-bond donors (Lipinski definition) is 1. The van der Waals surface area contributed by atoms with Crippen LogP contribution in [-0.2, 0) is 9.53 Å². The molecule has 1 amide bonds. The number of rotatable bonds is 4. The van der Waals surface area contributed by atoms with Gasteiger partial charge < -0.3 is 10.1 Å². The van der Waals surface area contributed by atoms with E-state index >= 15 is 0 Å². The lowest BCUT2D eigenvalue weighted by atomic mass is 9.91. The van der Waals surface area contributed by atoms with E-state index in [0.717, 1.165) is 25.7 Å². The zero-order valence-electron chi connectivity index (χ0n) is 8.85. The second-order valence-corrected chi connectivity index (χ2v) is 4.51. The molecule has 0 aromatic rings. The Morgan fingerprint density at radius 2 is 2.00 bits per heavy atom. The number of carbonyl (C=O) groups excluding carboxylic acids is 2. The van der Waals surface area contributed by atoms with Crippen molar-refractivity contribution in [1.29, 1.82) is 0 Å². The van der Waals surface area contributed by atoms with Crippen LogP contribution >= 0.6 is 15.9 Å². The summed E-state index contributed by atoms with van der Waals surface area (Å²) in [5, 5.41) is 3.15. The summed E-state index contributed by atoms with van der Waals surface area (Å²) in [6, 6.07) is 0. The monoisotopic (exact) mass is 277 g/mol. The number of ether oxygens (including phenoxy) is 1. The number of alkyl halides is 1. The first-order chi connectivity index (χ1) is 7.12. The van der Waals surface area contributed by atoms with E-state index < -0.39 is 6.09 Å². The zero-order valence-corrected chi connectivity index (χ0v) is 10.4. The molecule has 0 radical (unpaired) electrons. The zero-order chi connectivity index (χ0) is 11.3. The standard InChI is InChI=1S/C10H16BrNO3/c1-15-9(14)12-10(4-2-3-5-10)6-8(13)7-11/h2-7H2,1H3,(H,12,14). The molecule has 1 aliphatic rings. The van der Waals surface area contributed by atoms with Gasteiger partial charge >= 0.3 is 6.09 Å². The van der Waals surface area contributed by atoms with Crippen molar-refractivity contribution in [1.82, 2.24) is 5.32 Å². The predicted molar refractivity (Wildman–Crippen MR) is 60.2 cm³/mol. The molecule has 0 aromatic heterocycles. The maximum Gasteiger partial charge on any atom is 0.407 e. The number of alkyl carbamates (subject to hydrolysis) is 1. The highest BCUT2D eigenvalue weighted by atomic mass is 79.9. The van der Waals surface area contributed by atoms with Crippen molar-refractivity contribution in [2.75, 3.05) is 12.4 Å². The van der Waals surface area contributed by atoms with Gasteiger partial charge in [0.25, 0.3) is 0 Å². The number of Topliss-reactive ketones (excluding diaryl/α,β-unsaturated/α-hetero) is 1. The second-order valence-electron chi connectivity index (χ2n) is 3.95. The summed E-state index contributed by atoms with van der Waals surface area (Å²) in [6.45, 7) is 0. The molecule has 1 rings (SSSR count). The Hall–Kier alpha value is -0.580. The summed E-state index contributed by atoms with van der Waals surface area (Å²) in [6.07, 6.45) is 3.79. The molecule has 0 unspecified atom stereocenters. The first kappa shape index (κ1) is 12.5. The number of ketones is 1. The van der Waals surface area contributed by atoms with Crippen LogP contribution in [0.25, 0.3) is 0 Å². The lowest BCUT2D eigenvalue weighted by Gasteiger charge is -2.28. The third-order valence-corrected chi connectivity index (χ3v) is 3.42. The van der Waals surface area contributed by atoms with Gasteiger partial charge in [-0.05, 0) is 12.8 Å². The Kier molecular flexibility index (Phi) is 4.57. The van der Waals surface area contributed by atoms with Gasteiger partial charge in [0.2, 0.25) is 0 Å². The number of nitrogens with one attached hydrogen (secondary N) is 1. The summed E-state index contributed by atoms with van der Waals surface area (Å²) in [5.74, 6) is 0.119. The van der Waals surface area contributed by atoms with Gasteiger partial charge in [-0.25, -0.2) is 4.79 Å². The molecule has 0 saturated heterocycles. The van der Waals surface area contributed by atoms with Gasteiger partial charge in [-0.1, -0.05) is 28.8 Å². The molecule has 15 heavy (non-hydrogen) atoms. The van der Waals surface area contributed by atoms with E-state index in [1.165, 1.54) is 7.11 Å². The van der Waals surface area contributed by atoms with E-state index in [4.69, 9.17) is 0 Å². The van der Waals surface area contributed by atoms with Gasteiger partial charge in [0, 0.05) is 6.42 Å². The molecule has 0 aromatic carbocycles. The van der Waals surface area contributed by atoms with Crippen molar-refractivity contribution in [2.45, 2.75) is 37.6 Å². The predicted octanol–water partition coefficient (Wildman–Crippen LogP) is 2.01. The number of carbonyl (C=O) groups is 2. The molecular formula is C10H16BrNO3. The summed E-state index contributed by atoms with van der Waals surface area (Å²) in [4.78, 5) is 22.6. The van der Waals surface area contributed by atoms with Crippen molar-refractivity contribution in [3.05, 3.63) is 0 Å². The molecule has 1 fully saturated rings. The van der Waals surface area contributed by atoms with Crippen molar-refractivity contribution in [3.63, 3.8) is 0 Å². The van der Waals surface area contributed by atoms with Crippen LogP contribution in [0.3, 0.4) is 0 Å². The van der Waals surface area contributed by atoms with E-state index in [-0.39, 0.29) is 11.3 Å². The van der Waals surface area contributed by atoms with E-state index in [9.17, 15) is 9.59 Å². The minimum atomic E-state index is -0.445. The third kappa shape index (κ3) is 3.48. The average molecular weight is 278 g/mol. The van der Waals surface area contributed by atoms with Crippen molar-refractivity contribution in [2.24, 2.45) is 0 Å². The molecule has 0 aliphatic heterocycles. The summed E-state index contributed by atoms with van der Waals surface area (Å²) >= 11 is 3.14. The Bertz CT molecular complexity index is 229. The molecule has 0 atom stereocenters. The molecular weight excluding hydrogens is 262 g/mol. The molecule has 5 heteroatoms. The van der Waals surface area contributed by atoms with Crippen LogP contribution in [0.15, 0.2) is 0 Å². The lowest BCUT2D eigenvalue weighted by Crippen LogP contribution is -2.47. The molecule has 4 nitrogen and oxygen atoms in total. The average Bonchev–Trinajstić information content (AvgIpc) is 2.66. The fourth-order valence-electron chi connectivity index (χ4n) is 2.09. The van der Waals surface area contributed by atoms with Crippen LogP contribution in [0.1, 0.15) is 32.1 Å². The van der Waals surface area contributed by atoms with Crippen LogP contribution in [0.4, 0.5) is 4.79 Å². The number of amides is 1. The molecule has 1 saturated carbocycles. The van der Waals surface area contributed by atoms with Gasteiger partial charge in [-0.3, -0.25) is 4.79 Å². The smallest absolute Gasteiger partial charge is 0.407 e. The Morgan fingerprint density at radius 3 is 2.47 bits per heavy atom. The first-order valence-corrected chi connectivity index (χ1v) is 6.18. The number of halogens is 1. The number of methoxy groups -OCH3 is 1. The SMILES string of the molecule is COC(=O)NC1(CC(=O)CBr)CCCC1. The molecule has 1 N–H and O–H groups in total. The topological polar surface area (TPSA) is 55.4 Å². The summed E-state index contributed by atoms with van der Waals surface area (Å²) in [5.41, 5.74) is -0.363. The Labute approximate surface area is 97.9 Å². The molecule has 0 bridgehead atoms. The Morgan fingerprint density at radius 1 is 1.40 bits per heavy atom.